The van der Waals surface area contributed by atoms with Gasteiger partial charge in [-0.15, -0.1) is 0 Å². The number of fused-ring (bicyclic) bond motifs is 2. The lowest BCUT2D eigenvalue weighted by molar-refractivity contribution is 0.418. The molecule has 0 N–H and O–H groups in total. The molecule has 9 nitrogen and oxygen atoms in total. The quantitative estimate of drug-likeness (QED) is 0.254. The summed E-state index contributed by atoms with van der Waals surface area (Å²) in [7, 11) is -6.21. The first-order chi connectivity index (χ1) is 16.0. The van der Waals surface area contributed by atoms with Gasteiger partial charge in [-0.3, -0.25) is 4.79 Å². The van der Waals surface area contributed by atoms with Gasteiger partial charge in [0.2, 0.25) is 8.87 Å². The Balaban J connectivity index is 1.73. The van der Waals surface area contributed by atoms with E-state index < -0.39 is 39.1 Å². The van der Waals surface area contributed by atoms with E-state index in [1.807, 2.05) is 0 Å². The smallest absolute Gasteiger partial charge is 0.351 e. The molecule has 0 saturated heterocycles. The molecular weight excluding hydrogens is 524 g/mol. The Bertz CT molecular complexity index is 1750. The zero-order chi connectivity index (χ0) is 24.7. The van der Waals surface area contributed by atoms with Gasteiger partial charge in [-0.25, -0.2) is 21.6 Å². The Kier molecular flexibility index (Phi) is 6.46. The molecule has 0 amide bonds. The van der Waals surface area contributed by atoms with Crippen LogP contribution in [0.5, 0.6) is 11.5 Å². The molecule has 34 heavy (non-hydrogen) atoms. The number of hydrogen-bond donors (Lipinski definition) is 0. The molecule has 0 aliphatic carbocycles. The fourth-order valence-electron chi connectivity index (χ4n) is 3.24. The Morgan fingerprint density at radius 3 is 2.24 bits per heavy atom. The predicted octanol–water partition coefficient (Wildman–Crippen LogP) is 3.24. The van der Waals surface area contributed by atoms with Gasteiger partial charge in [0.25, 0.3) is 4.74 Å². The molecule has 0 radical (unpaired) electrons. The molecular formula is C21H16O9S4. The average Bonchev–Trinajstić information content (AvgIpc) is 2.77. The molecule has 0 unspecified atom stereocenters. The largest absolute Gasteiger partial charge is 0.496 e. The van der Waals surface area contributed by atoms with E-state index in [2.05, 4.69) is 0 Å². The molecule has 0 fully saturated rings. The van der Waals surface area contributed by atoms with Crippen molar-refractivity contribution in [2.45, 2.75) is 9.79 Å². The van der Waals surface area contributed by atoms with E-state index in [-0.39, 0.29) is 21.3 Å². The molecule has 178 valence electrons. The summed E-state index contributed by atoms with van der Waals surface area (Å²) in [5, 5.41) is -0.688. The first-order valence-electron chi connectivity index (χ1n) is 9.41. The lowest BCUT2D eigenvalue weighted by Crippen LogP contribution is -2.20. The third kappa shape index (κ3) is 4.69. The van der Waals surface area contributed by atoms with Crippen molar-refractivity contribution in [2.75, 3.05) is 19.3 Å². The van der Waals surface area contributed by atoms with E-state index >= 15 is 0 Å². The molecule has 0 saturated carbocycles. The first kappa shape index (κ1) is 24.3. The van der Waals surface area contributed by atoms with Gasteiger partial charge in [-0.05, 0) is 36.4 Å². The van der Waals surface area contributed by atoms with Gasteiger partial charge in [0.05, 0.1) is 19.6 Å². The van der Waals surface area contributed by atoms with Crippen LogP contribution in [0.4, 0.5) is 0 Å². The van der Waals surface area contributed by atoms with Gasteiger partial charge in [-0.1, -0.05) is 23.5 Å². The molecule has 0 atom stereocenters. The molecule has 4 rings (SSSR count). The van der Waals surface area contributed by atoms with E-state index in [0.717, 1.165) is 6.07 Å². The monoisotopic (exact) mass is 540 g/mol. The fourth-order valence-corrected chi connectivity index (χ4v) is 10.6. The topological polar surface area (TPSA) is 134 Å². The van der Waals surface area contributed by atoms with Crippen LogP contribution in [0, 0.1) is 0 Å². The second kappa shape index (κ2) is 9.06. The summed E-state index contributed by atoms with van der Waals surface area (Å²) in [6, 6.07) is 11.9. The maximum absolute atomic E-state index is 13.0. The third-order valence-electron chi connectivity index (χ3n) is 4.70. The zero-order valence-corrected chi connectivity index (χ0v) is 20.9. The van der Waals surface area contributed by atoms with E-state index in [9.17, 15) is 26.4 Å². The van der Waals surface area contributed by atoms with Crippen LogP contribution in [-0.2, 0) is 18.7 Å². The summed E-state index contributed by atoms with van der Waals surface area (Å²) in [5.74, 6) is 0.681. The van der Waals surface area contributed by atoms with Gasteiger partial charge in [0.1, 0.15) is 26.9 Å². The normalized spacial score (nSPS) is 12.2. The molecule has 0 bridgehead atoms. The maximum atomic E-state index is 13.0. The van der Waals surface area contributed by atoms with Gasteiger partial charge in [0.15, 0.2) is 14.9 Å². The maximum Gasteiger partial charge on any atom is 0.351 e. The summed E-state index contributed by atoms with van der Waals surface area (Å²) in [6.45, 7) is 0. The zero-order valence-electron chi connectivity index (χ0n) is 17.6. The minimum atomic E-state index is -4.58. The molecule has 4 aromatic rings. The highest BCUT2D eigenvalue weighted by molar-refractivity contribution is 8.73. The highest BCUT2D eigenvalue weighted by Gasteiger charge is 2.30. The Hall–Kier alpha value is -2.87. The van der Waals surface area contributed by atoms with Crippen molar-refractivity contribution in [3.8, 4) is 11.5 Å². The first-order valence-corrected chi connectivity index (χ1v) is 14.9. The Morgan fingerprint density at radius 2 is 1.56 bits per heavy atom. The summed E-state index contributed by atoms with van der Waals surface area (Å²) in [6.07, 6.45) is 0. The van der Waals surface area contributed by atoms with Gasteiger partial charge in [-0.2, -0.15) is 0 Å². The van der Waals surface area contributed by atoms with Crippen molar-refractivity contribution < 1.29 is 30.7 Å². The van der Waals surface area contributed by atoms with Crippen LogP contribution in [0.3, 0.4) is 0 Å². The van der Waals surface area contributed by atoms with Crippen LogP contribution in [0.2, 0.25) is 0 Å². The average molecular weight is 541 g/mol. The second-order valence-corrected chi connectivity index (χ2v) is 14.3. The number of methoxy groups -OCH3 is 2. The standard InChI is InChI=1S/C21H16O9S4/c1-28-14-5-3-7-16-12(14)9-18(20(22)30-16)32-34(26,27)11-33(24,25)19-10-13-15(29-2)6-4-8-17(13)31-21(19)23/h3-10H,11H2,1-2H3. The van der Waals surface area contributed by atoms with Crippen molar-refractivity contribution in [3.05, 3.63) is 68.5 Å². The Labute approximate surface area is 201 Å². The third-order valence-corrected chi connectivity index (χ3v) is 12.1. The van der Waals surface area contributed by atoms with E-state index in [4.69, 9.17) is 13.9 Å². The second-order valence-electron chi connectivity index (χ2n) is 6.91. The minimum Gasteiger partial charge on any atom is -0.496 e. The molecule has 2 aromatic heterocycles. The van der Waals surface area contributed by atoms with Crippen LogP contribution in [-0.4, -0.2) is 36.1 Å². The number of ether oxygens (including phenoxy) is 2. The predicted molar refractivity (Wildman–Crippen MR) is 131 cm³/mol. The lowest BCUT2D eigenvalue weighted by atomic mass is 10.2. The van der Waals surface area contributed by atoms with Gasteiger partial charge in [0, 0.05) is 20.9 Å². The van der Waals surface area contributed by atoms with Crippen LogP contribution >= 0.6 is 22.1 Å². The summed E-state index contributed by atoms with van der Waals surface area (Å²) < 4.78 is 66.7. The molecule has 0 aliphatic rings. The fraction of sp³-hybridized carbons (Fsp3) is 0.143. The summed E-state index contributed by atoms with van der Waals surface area (Å²) in [5.41, 5.74) is -0.768. The van der Waals surface area contributed by atoms with Crippen molar-refractivity contribution >= 4 is 61.9 Å². The van der Waals surface area contributed by atoms with Crippen LogP contribution in [0.25, 0.3) is 21.1 Å². The highest BCUT2D eigenvalue weighted by Crippen LogP contribution is 2.32. The number of hydrogen-bond acceptors (Lipinski definition) is 11. The molecule has 13 heteroatoms. The SMILES string of the molecule is COc1cccc2oc(=O)c(SS(=O)(=O)CS(=O)(=O)c3cc4c(OC)cccc4sc3=O)cc12. The van der Waals surface area contributed by atoms with Gasteiger partial charge < -0.3 is 13.9 Å². The summed E-state index contributed by atoms with van der Waals surface area (Å²) in [4.78, 5) is 23.8. The minimum absolute atomic E-state index is 0.0531. The molecule has 0 aliphatic heterocycles. The van der Waals surface area contributed by atoms with Crippen LogP contribution in [0.1, 0.15) is 0 Å². The van der Waals surface area contributed by atoms with Crippen molar-refractivity contribution in [1.82, 2.24) is 0 Å². The van der Waals surface area contributed by atoms with E-state index in [1.54, 1.807) is 30.3 Å². The Morgan fingerprint density at radius 1 is 0.912 bits per heavy atom. The molecule has 2 heterocycles. The van der Waals surface area contributed by atoms with Crippen molar-refractivity contribution in [2.24, 2.45) is 0 Å². The molecule has 2 aromatic carbocycles. The lowest BCUT2D eigenvalue weighted by Gasteiger charge is -2.09. The molecule has 0 spiro atoms. The highest BCUT2D eigenvalue weighted by atomic mass is 33.1. The van der Waals surface area contributed by atoms with Crippen molar-refractivity contribution in [1.29, 1.82) is 0 Å². The number of benzene rings is 2. The number of sulfone groups is 1. The van der Waals surface area contributed by atoms with E-state index in [0.29, 0.717) is 38.3 Å². The summed E-state index contributed by atoms with van der Waals surface area (Å²) >= 11 is 0.667. The number of rotatable bonds is 7. The van der Waals surface area contributed by atoms with Crippen molar-refractivity contribution in [3.63, 3.8) is 0 Å². The van der Waals surface area contributed by atoms with Gasteiger partial charge >= 0.3 is 5.63 Å². The van der Waals surface area contributed by atoms with Crippen LogP contribution in [0.15, 0.2) is 72.3 Å². The van der Waals surface area contributed by atoms with E-state index in [1.165, 1.54) is 26.4 Å². The van der Waals surface area contributed by atoms with Crippen LogP contribution < -0.4 is 19.8 Å².